The van der Waals surface area contributed by atoms with Crippen molar-refractivity contribution in [1.29, 1.82) is 0 Å². The van der Waals surface area contributed by atoms with Crippen LogP contribution in [0.15, 0.2) is 12.3 Å². The Morgan fingerprint density at radius 1 is 1.50 bits per heavy atom. The summed E-state index contributed by atoms with van der Waals surface area (Å²) in [6.07, 6.45) is 1.10. The number of pyridine rings is 1. The number of nitrogens with one attached hydrogen (secondary N) is 2. The molecular formula is C15H18ClF3N4O6S. The lowest BCUT2D eigenvalue weighted by Crippen LogP contribution is -2.43. The third-order valence-electron chi connectivity index (χ3n) is 3.75. The number of carbonyl (C=O) groups excluding carboxylic acids is 2. The minimum absolute atomic E-state index is 0.0493. The summed E-state index contributed by atoms with van der Waals surface area (Å²) < 4.78 is 66.0. The molecule has 1 saturated heterocycles. The zero-order valence-corrected chi connectivity index (χ0v) is 17.3. The van der Waals surface area contributed by atoms with E-state index < -0.39 is 46.0 Å². The van der Waals surface area contributed by atoms with Crippen molar-refractivity contribution in [1.82, 2.24) is 20.1 Å². The maximum atomic E-state index is 12.4. The van der Waals surface area contributed by atoms with Crippen LogP contribution in [0.1, 0.15) is 24.2 Å². The molecule has 0 radical (unpaired) electrons. The van der Waals surface area contributed by atoms with Crippen LogP contribution in [0.25, 0.3) is 0 Å². The van der Waals surface area contributed by atoms with Gasteiger partial charge in [0, 0.05) is 6.54 Å². The second-order valence-corrected chi connectivity index (χ2v) is 8.21. The Balaban J connectivity index is 2.01. The highest BCUT2D eigenvalue weighted by Gasteiger charge is 2.46. The lowest BCUT2D eigenvalue weighted by atomic mass is 10.2. The summed E-state index contributed by atoms with van der Waals surface area (Å²) in [5.74, 6) is -1.23. The van der Waals surface area contributed by atoms with E-state index in [1.807, 2.05) is 0 Å². The van der Waals surface area contributed by atoms with Gasteiger partial charge in [-0.25, -0.2) is 23.2 Å². The van der Waals surface area contributed by atoms with Crippen LogP contribution in [0, 0.1) is 0 Å². The summed E-state index contributed by atoms with van der Waals surface area (Å²) in [6, 6.07) is -0.999. The molecule has 2 rings (SSSR count). The number of hydroxylamine groups is 2. The number of amides is 2. The molecule has 0 unspecified atom stereocenters. The van der Waals surface area contributed by atoms with Crippen LogP contribution >= 0.6 is 11.6 Å². The monoisotopic (exact) mass is 474 g/mol. The van der Waals surface area contributed by atoms with E-state index in [2.05, 4.69) is 10.3 Å². The smallest absolute Gasteiger partial charge is 0.490 e. The van der Waals surface area contributed by atoms with E-state index in [9.17, 15) is 31.2 Å². The number of halogens is 4. The maximum Gasteiger partial charge on any atom is 0.511 e. The molecule has 30 heavy (non-hydrogen) atoms. The van der Waals surface area contributed by atoms with Gasteiger partial charge in [-0.05, 0) is 19.9 Å². The number of sulfonamides is 1. The molecule has 1 aromatic heterocycles. The number of alkyl halides is 3. The van der Waals surface area contributed by atoms with Crippen molar-refractivity contribution in [2.75, 3.05) is 19.8 Å². The van der Waals surface area contributed by atoms with E-state index in [-0.39, 0.29) is 23.1 Å². The van der Waals surface area contributed by atoms with Crippen molar-refractivity contribution in [2.45, 2.75) is 31.4 Å². The molecule has 2 atom stereocenters. The third kappa shape index (κ3) is 5.71. The van der Waals surface area contributed by atoms with E-state index in [4.69, 9.17) is 21.2 Å². The highest BCUT2D eigenvalue weighted by atomic mass is 35.5. The van der Waals surface area contributed by atoms with Gasteiger partial charge in [0.25, 0.3) is 11.8 Å². The minimum atomic E-state index is -5.53. The molecule has 0 aromatic carbocycles. The average molecular weight is 475 g/mol. The van der Waals surface area contributed by atoms with Crippen LogP contribution in [0.4, 0.5) is 13.2 Å². The van der Waals surface area contributed by atoms with E-state index in [0.29, 0.717) is 6.54 Å². The number of aromatic nitrogens is 1. The number of likely N-dealkylation sites (N-methyl/N-ethyl adjacent to an activating group) is 1. The van der Waals surface area contributed by atoms with Crippen molar-refractivity contribution in [3.8, 4) is 5.75 Å². The molecule has 10 nitrogen and oxygen atoms in total. The van der Waals surface area contributed by atoms with E-state index >= 15 is 0 Å². The van der Waals surface area contributed by atoms with Crippen molar-refractivity contribution >= 4 is 33.4 Å². The first-order chi connectivity index (χ1) is 13.9. The SMILES string of the molecule is CCN1OC[C@H](NC(=O)c2cc(OC[C@H](C)NS(=O)(=O)C(F)(F)F)cnc2Cl)C1=O. The van der Waals surface area contributed by atoms with Crippen molar-refractivity contribution in [3.05, 3.63) is 23.0 Å². The molecule has 0 saturated carbocycles. The molecular weight excluding hydrogens is 457 g/mol. The van der Waals surface area contributed by atoms with Gasteiger partial charge in [0.15, 0.2) is 0 Å². The highest BCUT2D eigenvalue weighted by Crippen LogP contribution is 2.23. The maximum absolute atomic E-state index is 12.4. The van der Waals surface area contributed by atoms with Gasteiger partial charge >= 0.3 is 15.5 Å². The largest absolute Gasteiger partial charge is 0.511 e. The van der Waals surface area contributed by atoms with Crippen LogP contribution in [0.3, 0.4) is 0 Å². The highest BCUT2D eigenvalue weighted by molar-refractivity contribution is 7.90. The molecule has 2 N–H and O–H groups in total. The Hall–Kier alpha value is -2.16. The van der Waals surface area contributed by atoms with Gasteiger partial charge in [0.2, 0.25) is 0 Å². The van der Waals surface area contributed by atoms with Crippen molar-refractivity contribution < 1.29 is 40.8 Å². The molecule has 1 fully saturated rings. The summed E-state index contributed by atoms with van der Waals surface area (Å²) in [5, 5.41) is 3.32. The quantitative estimate of drug-likeness (QED) is 0.534. The summed E-state index contributed by atoms with van der Waals surface area (Å²) in [5.41, 5.74) is -5.61. The predicted molar refractivity (Wildman–Crippen MR) is 96.9 cm³/mol. The zero-order valence-electron chi connectivity index (χ0n) is 15.7. The van der Waals surface area contributed by atoms with E-state index in [0.717, 1.165) is 24.3 Å². The minimum Gasteiger partial charge on any atom is -0.490 e. The van der Waals surface area contributed by atoms with Crippen LogP contribution in [0.2, 0.25) is 5.15 Å². The molecule has 0 aliphatic carbocycles. The lowest BCUT2D eigenvalue weighted by Gasteiger charge is -2.17. The number of hydrogen-bond donors (Lipinski definition) is 2. The number of ether oxygens (including phenoxy) is 1. The molecule has 0 bridgehead atoms. The second kappa shape index (κ2) is 9.32. The molecule has 1 aliphatic rings. The first-order valence-electron chi connectivity index (χ1n) is 8.47. The molecule has 1 aliphatic heterocycles. The Morgan fingerprint density at radius 2 is 2.17 bits per heavy atom. The first-order valence-corrected chi connectivity index (χ1v) is 10.3. The topological polar surface area (TPSA) is 127 Å². The van der Waals surface area contributed by atoms with Gasteiger partial charge in [-0.1, -0.05) is 11.6 Å². The number of carbonyl (C=O) groups is 2. The Kier molecular flexibility index (Phi) is 7.49. The fraction of sp³-hybridized carbons (Fsp3) is 0.533. The summed E-state index contributed by atoms with van der Waals surface area (Å²) >= 11 is 5.90. The second-order valence-electron chi connectivity index (χ2n) is 6.14. The van der Waals surface area contributed by atoms with Gasteiger partial charge in [-0.3, -0.25) is 14.4 Å². The Bertz CT molecular complexity index is 914. The lowest BCUT2D eigenvalue weighted by molar-refractivity contribution is -0.160. The average Bonchev–Trinajstić information content (AvgIpc) is 2.99. The van der Waals surface area contributed by atoms with Gasteiger partial charge in [-0.2, -0.15) is 13.2 Å². The Labute approximate surface area is 174 Å². The van der Waals surface area contributed by atoms with Crippen LogP contribution in [0.5, 0.6) is 5.75 Å². The van der Waals surface area contributed by atoms with Gasteiger partial charge in [0.05, 0.1) is 17.8 Å². The molecule has 2 amide bonds. The molecule has 168 valence electrons. The van der Waals surface area contributed by atoms with Crippen molar-refractivity contribution in [3.63, 3.8) is 0 Å². The molecule has 2 heterocycles. The standard InChI is InChI=1S/C15H18ClF3N4O6S/c1-3-23-14(25)11(7-29-23)21-13(24)10-4-9(5-20-12(10)16)28-6-8(2)22-30(26,27)15(17,18)19/h4-5,8,11,22H,3,6-7H2,1-2H3,(H,21,24)/t8-,11-/m0/s1. The van der Waals surface area contributed by atoms with Crippen LogP contribution in [-0.2, 0) is 19.7 Å². The summed E-state index contributed by atoms with van der Waals surface area (Å²) in [4.78, 5) is 33.3. The zero-order chi connectivity index (χ0) is 22.7. The van der Waals surface area contributed by atoms with Crippen LogP contribution in [-0.4, -0.2) is 67.6 Å². The molecule has 1 aromatic rings. The van der Waals surface area contributed by atoms with Gasteiger partial charge in [-0.15, -0.1) is 0 Å². The fourth-order valence-corrected chi connectivity index (χ4v) is 3.23. The number of hydrogen-bond acceptors (Lipinski definition) is 7. The number of rotatable bonds is 8. The van der Waals surface area contributed by atoms with Gasteiger partial charge < -0.3 is 10.1 Å². The molecule has 15 heteroatoms. The Morgan fingerprint density at radius 3 is 2.73 bits per heavy atom. The normalized spacial score (nSPS) is 18.4. The third-order valence-corrected chi connectivity index (χ3v) is 5.38. The summed E-state index contributed by atoms with van der Waals surface area (Å²) in [6.45, 7) is 2.61. The predicted octanol–water partition coefficient (Wildman–Crippen LogP) is 0.834. The summed E-state index contributed by atoms with van der Waals surface area (Å²) in [7, 11) is -5.53. The van der Waals surface area contributed by atoms with E-state index in [1.54, 1.807) is 6.92 Å². The fourth-order valence-electron chi connectivity index (χ4n) is 2.31. The first kappa shape index (κ1) is 24.1. The molecule has 0 spiro atoms. The van der Waals surface area contributed by atoms with E-state index in [1.165, 1.54) is 4.72 Å². The number of nitrogens with zero attached hydrogens (tertiary/aromatic N) is 2. The van der Waals surface area contributed by atoms with Crippen molar-refractivity contribution in [2.24, 2.45) is 0 Å². The van der Waals surface area contributed by atoms with Gasteiger partial charge in [0.1, 0.15) is 30.2 Å². The van der Waals surface area contributed by atoms with Crippen LogP contribution < -0.4 is 14.8 Å².